The Bertz CT molecular complexity index is 1070. The van der Waals surface area contributed by atoms with E-state index in [0.29, 0.717) is 18.0 Å². The van der Waals surface area contributed by atoms with E-state index in [0.717, 1.165) is 30.4 Å². The summed E-state index contributed by atoms with van der Waals surface area (Å²) in [4.78, 5) is 12.7. The van der Waals surface area contributed by atoms with E-state index >= 15 is 0 Å². The van der Waals surface area contributed by atoms with Gasteiger partial charge in [-0.05, 0) is 47.2 Å². The van der Waals surface area contributed by atoms with Crippen LogP contribution < -0.4 is 19.1 Å². The number of carbonyl (C=O) groups is 1. The molecule has 1 N–H and O–H groups in total. The van der Waals surface area contributed by atoms with Gasteiger partial charge in [-0.2, -0.15) is 0 Å². The molecule has 1 atom stereocenters. The Morgan fingerprint density at radius 2 is 1.88 bits per heavy atom. The predicted molar refractivity (Wildman–Crippen MR) is 131 cm³/mol. The highest BCUT2D eigenvalue weighted by atomic mass is 32.2. The van der Waals surface area contributed by atoms with E-state index in [-0.39, 0.29) is 24.4 Å². The molecular weight excluding hydrogens is 440 g/mol. The second-order valence-corrected chi connectivity index (χ2v) is 11.3. The molecule has 0 aromatic heterocycles. The van der Waals surface area contributed by atoms with Gasteiger partial charge in [-0.15, -0.1) is 0 Å². The zero-order chi connectivity index (χ0) is 24.2. The molecule has 0 spiro atoms. The zero-order valence-corrected chi connectivity index (χ0v) is 20.9. The third-order valence-corrected chi connectivity index (χ3v) is 6.67. The minimum absolute atomic E-state index is 0.0784. The number of hydrogen-bond acceptors (Lipinski definition) is 5. The summed E-state index contributed by atoms with van der Waals surface area (Å²) in [5.41, 5.74) is 2.56. The number of sulfonamides is 1. The third-order valence-electron chi connectivity index (χ3n) is 5.52. The maximum atomic E-state index is 12.7. The number of anilines is 1. The number of fused-ring (bicyclic) bond motifs is 1. The zero-order valence-electron chi connectivity index (χ0n) is 20.1. The summed E-state index contributed by atoms with van der Waals surface area (Å²) in [6, 6.07) is 13.4. The Labute approximate surface area is 197 Å². The summed E-state index contributed by atoms with van der Waals surface area (Å²) in [7, 11) is -3.59. The van der Waals surface area contributed by atoms with Gasteiger partial charge in [0.05, 0.1) is 25.0 Å². The lowest BCUT2D eigenvalue weighted by molar-refractivity contribution is -0.127. The maximum Gasteiger partial charge on any atom is 0.263 e. The summed E-state index contributed by atoms with van der Waals surface area (Å²) in [5.74, 6) is 0.740. The first kappa shape index (κ1) is 24.9. The number of hydrogen-bond donors (Lipinski definition) is 1. The first-order valence-corrected chi connectivity index (χ1v) is 13.1. The van der Waals surface area contributed by atoms with Gasteiger partial charge < -0.3 is 14.8 Å². The van der Waals surface area contributed by atoms with E-state index in [2.05, 4.69) is 33.0 Å². The van der Waals surface area contributed by atoms with Gasteiger partial charge in [0.1, 0.15) is 18.1 Å². The first-order valence-electron chi connectivity index (χ1n) is 11.3. The fraction of sp³-hybridized carbons (Fsp3) is 0.480. The molecule has 2 aromatic rings. The van der Waals surface area contributed by atoms with Crippen LogP contribution in [0.5, 0.6) is 11.5 Å². The van der Waals surface area contributed by atoms with Crippen molar-refractivity contribution in [1.29, 1.82) is 0 Å². The maximum absolute atomic E-state index is 12.7. The van der Waals surface area contributed by atoms with E-state index in [1.165, 1.54) is 9.87 Å². The Morgan fingerprint density at radius 1 is 1.18 bits per heavy atom. The number of ether oxygens (including phenoxy) is 2. The lowest BCUT2D eigenvalue weighted by Crippen LogP contribution is -2.51. The molecule has 2 aromatic carbocycles. The van der Waals surface area contributed by atoms with E-state index in [9.17, 15) is 13.2 Å². The van der Waals surface area contributed by atoms with Crippen molar-refractivity contribution in [2.75, 3.05) is 30.3 Å². The summed E-state index contributed by atoms with van der Waals surface area (Å²) < 4.78 is 37.8. The average molecular weight is 475 g/mol. The van der Waals surface area contributed by atoms with Crippen LogP contribution in [0.1, 0.15) is 45.2 Å². The fourth-order valence-electron chi connectivity index (χ4n) is 3.67. The van der Waals surface area contributed by atoms with Crippen LogP contribution >= 0.6 is 0 Å². The predicted octanol–water partition coefficient (Wildman–Crippen LogP) is 3.66. The summed E-state index contributed by atoms with van der Waals surface area (Å²) in [6.07, 6.45) is 2.32. The van der Waals surface area contributed by atoms with Crippen molar-refractivity contribution in [3.63, 3.8) is 0 Å². The van der Waals surface area contributed by atoms with Gasteiger partial charge >= 0.3 is 0 Å². The molecule has 0 bridgehead atoms. The number of rotatable bonds is 8. The molecule has 1 aliphatic rings. The lowest BCUT2D eigenvalue weighted by atomic mass is 9.86. The molecule has 1 heterocycles. The molecule has 1 aliphatic heterocycles. The topological polar surface area (TPSA) is 84.9 Å². The monoisotopic (exact) mass is 474 g/mol. The number of amides is 1. The standard InChI is InChI=1S/C25H34N2O5S/c1-6-7-18-8-11-20(12-9-18)31-15-14-26-24(28)23-17-27(33(5,29)30)21-16-19(25(2,3)4)10-13-22(21)32-23/h8-13,16,23H,6-7,14-15,17H2,1-5H3,(H,26,28)/t23-/m1/s1. The van der Waals surface area contributed by atoms with Gasteiger partial charge in [-0.1, -0.05) is 52.3 Å². The molecule has 1 amide bonds. The highest BCUT2D eigenvalue weighted by Crippen LogP contribution is 2.38. The van der Waals surface area contributed by atoms with Crippen LogP contribution in [0.3, 0.4) is 0 Å². The second kappa shape index (κ2) is 10.0. The largest absolute Gasteiger partial charge is 0.492 e. The molecular formula is C25H34N2O5S. The molecule has 0 fully saturated rings. The number of benzene rings is 2. The van der Waals surface area contributed by atoms with Gasteiger partial charge in [0.2, 0.25) is 10.0 Å². The van der Waals surface area contributed by atoms with E-state index in [1.54, 1.807) is 6.07 Å². The second-order valence-electron chi connectivity index (χ2n) is 9.37. The van der Waals surface area contributed by atoms with Crippen LogP contribution in [0.15, 0.2) is 42.5 Å². The van der Waals surface area contributed by atoms with E-state index in [1.807, 2.05) is 36.4 Å². The van der Waals surface area contributed by atoms with Crippen molar-refractivity contribution >= 4 is 21.6 Å². The van der Waals surface area contributed by atoms with Gasteiger partial charge in [-0.3, -0.25) is 9.10 Å². The smallest absolute Gasteiger partial charge is 0.263 e. The van der Waals surface area contributed by atoms with Crippen LogP contribution in [0.2, 0.25) is 0 Å². The fourth-order valence-corrected chi connectivity index (χ4v) is 4.57. The number of nitrogens with one attached hydrogen (secondary N) is 1. The Morgan fingerprint density at radius 3 is 2.48 bits per heavy atom. The molecule has 0 saturated heterocycles. The molecule has 7 nitrogen and oxygen atoms in total. The number of aryl methyl sites for hydroxylation is 1. The summed E-state index contributed by atoms with van der Waals surface area (Å²) in [5, 5.41) is 2.78. The Hall–Kier alpha value is -2.74. The molecule has 0 radical (unpaired) electrons. The highest BCUT2D eigenvalue weighted by Gasteiger charge is 2.35. The van der Waals surface area contributed by atoms with Crippen molar-refractivity contribution < 1.29 is 22.7 Å². The van der Waals surface area contributed by atoms with Crippen LogP contribution in [-0.2, 0) is 26.7 Å². The van der Waals surface area contributed by atoms with Crippen LogP contribution in [0, 0.1) is 0 Å². The third kappa shape index (κ3) is 6.41. The van der Waals surface area contributed by atoms with Gasteiger partial charge in [0.15, 0.2) is 6.10 Å². The van der Waals surface area contributed by atoms with Crippen molar-refractivity contribution in [3.8, 4) is 11.5 Å². The lowest BCUT2D eigenvalue weighted by Gasteiger charge is -2.35. The molecule has 180 valence electrons. The average Bonchev–Trinajstić information content (AvgIpc) is 2.75. The molecule has 3 rings (SSSR count). The normalized spacial score (nSPS) is 16.0. The van der Waals surface area contributed by atoms with Crippen molar-refractivity contribution in [2.45, 2.75) is 52.1 Å². The Kier molecular flexibility index (Phi) is 7.57. The van der Waals surface area contributed by atoms with Crippen molar-refractivity contribution in [3.05, 3.63) is 53.6 Å². The van der Waals surface area contributed by atoms with Crippen LogP contribution in [0.4, 0.5) is 5.69 Å². The number of nitrogens with zero attached hydrogens (tertiary/aromatic N) is 1. The van der Waals surface area contributed by atoms with Gasteiger partial charge in [0, 0.05) is 0 Å². The quantitative estimate of drug-likeness (QED) is 0.590. The van der Waals surface area contributed by atoms with E-state index < -0.39 is 16.1 Å². The number of carbonyl (C=O) groups excluding carboxylic acids is 1. The minimum Gasteiger partial charge on any atom is -0.492 e. The van der Waals surface area contributed by atoms with Crippen LogP contribution in [0.25, 0.3) is 0 Å². The SMILES string of the molecule is CCCc1ccc(OCCNC(=O)[C@H]2CN(S(C)(=O)=O)c3cc(C(C)(C)C)ccc3O2)cc1. The minimum atomic E-state index is -3.59. The van der Waals surface area contributed by atoms with Gasteiger partial charge in [-0.25, -0.2) is 8.42 Å². The van der Waals surface area contributed by atoms with Gasteiger partial charge in [0.25, 0.3) is 5.91 Å². The summed E-state index contributed by atoms with van der Waals surface area (Å²) in [6.45, 7) is 8.81. The molecule has 8 heteroatoms. The summed E-state index contributed by atoms with van der Waals surface area (Å²) >= 11 is 0. The van der Waals surface area contributed by atoms with Crippen LogP contribution in [-0.4, -0.2) is 46.4 Å². The first-order chi connectivity index (χ1) is 15.5. The molecule has 0 saturated carbocycles. The van der Waals surface area contributed by atoms with E-state index in [4.69, 9.17) is 9.47 Å². The highest BCUT2D eigenvalue weighted by molar-refractivity contribution is 7.92. The Balaban J connectivity index is 1.62. The van der Waals surface area contributed by atoms with Crippen molar-refractivity contribution in [2.24, 2.45) is 0 Å². The molecule has 0 aliphatic carbocycles. The molecule has 33 heavy (non-hydrogen) atoms. The van der Waals surface area contributed by atoms with Crippen molar-refractivity contribution in [1.82, 2.24) is 5.32 Å². The molecule has 0 unspecified atom stereocenters.